The Hall–Kier alpha value is -2.35. The first kappa shape index (κ1) is 18.0. The van der Waals surface area contributed by atoms with Crippen LogP contribution in [0.25, 0.3) is 11.5 Å². The Morgan fingerprint density at radius 1 is 1.25 bits per heavy atom. The van der Waals surface area contributed by atoms with Crippen LogP contribution < -0.4 is 5.32 Å². The van der Waals surface area contributed by atoms with Gasteiger partial charge in [0.2, 0.25) is 11.8 Å². The maximum atomic E-state index is 11.7. The Morgan fingerprint density at radius 3 is 2.79 bits per heavy atom. The highest BCUT2D eigenvalue weighted by Crippen LogP contribution is 2.22. The Labute approximate surface area is 144 Å². The van der Waals surface area contributed by atoms with Crippen LogP contribution in [-0.4, -0.2) is 41.0 Å². The Morgan fingerprint density at radius 2 is 2.04 bits per heavy atom. The first-order valence-corrected chi connectivity index (χ1v) is 8.61. The van der Waals surface area contributed by atoms with E-state index in [9.17, 15) is 9.59 Å². The van der Waals surface area contributed by atoms with Crippen molar-refractivity contribution in [2.24, 2.45) is 0 Å². The van der Waals surface area contributed by atoms with Crippen molar-refractivity contribution < 1.29 is 18.7 Å². The molecule has 7 nitrogen and oxygen atoms in total. The predicted octanol–water partition coefficient (Wildman–Crippen LogP) is 2.29. The molecule has 0 saturated heterocycles. The molecular weight excluding hydrogens is 330 g/mol. The van der Waals surface area contributed by atoms with Crippen molar-refractivity contribution in [3.8, 4) is 11.5 Å². The molecule has 0 saturated carbocycles. The fourth-order valence-electron chi connectivity index (χ4n) is 1.84. The van der Waals surface area contributed by atoms with Gasteiger partial charge >= 0.3 is 5.97 Å². The molecule has 2 rings (SSSR count). The molecule has 0 unspecified atom stereocenters. The number of nitrogens with zero attached hydrogens (tertiary/aromatic N) is 2. The maximum Gasteiger partial charge on any atom is 0.305 e. The topological polar surface area (TPSA) is 94.3 Å². The third-order valence-electron chi connectivity index (χ3n) is 2.94. The molecule has 24 heavy (non-hydrogen) atoms. The average Bonchev–Trinajstić information content (AvgIpc) is 3.07. The first-order chi connectivity index (χ1) is 11.7. The zero-order valence-corrected chi connectivity index (χ0v) is 14.2. The zero-order valence-electron chi connectivity index (χ0n) is 13.4. The second-order valence-corrected chi connectivity index (χ2v) is 5.71. The molecule has 0 atom stereocenters. The van der Waals surface area contributed by atoms with E-state index < -0.39 is 0 Å². The van der Waals surface area contributed by atoms with E-state index in [1.165, 1.54) is 11.8 Å². The molecule has 0 bridgehead atoms. The SMILES string of the molecule is CCOC(=O)CCCNC(=O)CSc1nnc(-c2ccccc2)o1. The summed E-state index contributed by atoms with van der Waals surface area (Å²) in [6.45, 7) is 2.56. The van der Waals surface area contributed by atoms with Crippen LogP contribution in [0.4, 0.5) is 0 Å². The van der Waals surface area contributed by atoms with Crippen LogP contribution in [0.5, 0.6) is 0 Å². The summed E-state index contributed by atoms with van der Waals surface area (Å²) in [5, 5.41) is 10.9. The molecule has 1 amide bonds. The van der Waals surface area contributed by atoms with Gasteiger partial charge in [0.05, 0.1) is 12.4 Å². The second-order valence-electron chi connectivity index (χ2n) is 4.79. The number of amides is 1. The number of hydrogen-bond acceptors (Lipinski definition) is 7. The third-order valence-corrected chi connectivity index (χ3v) is 3.76. The summed E-state index contributed by atoms with van der Waals surface area (Å²) in [5.41, 5.74) is 0.834. The van der Waals surface area contributed by atoms with Crippen LogP contribution in [-0.2, 0) is 14.3 Å². The molecule has 0 aliphatic heterocycles. The van der Waals surface area contributed by atoms with E-state index in [0.717, 1.165) is 5.56 Å². The number of benzene rings is 1. The van der Waals surface area contributed by atoms with E-state index in [1.807, 2.05) is 30.3 Å². The van der Waals surface area contributed by atoms with Crippen molar-refractivity contribution in [2.75, 3.05) is 18.9 Å². The van der Waals surface area contributed by atoms with Crippen LogP contribution in [0.3, 0.4) is 0 Å². The number of thioether (sulfide) groups is 1. The third kappa shape index (κ3) is 6.04. The Bertz CT molecular complexity index is 660. The number of rotatable bonds is 9. The summed E-state index contributed by atoms with van der Waals surface area (Å²) >= 11 is 1.17. The van der Waals surface area contributed by atoms with Gasteiger partial charge in [-0.15, -0.1) is 10.2 Å². The number of esters is 1. The van der Waals surface area contributed by atoms with E-state index in [2.05, 4.69) is 15.5 Å². The number of nitrogens with one attached hydrogen (secondary N) is 1. The second kappa shape index (κ2) is 9.71. The predicted molar refractivity (Wildman–Crippen MR) is 89.3 cm³/mol. The van der Waals surface area contributed by atoms with Crippen molar-refractivity contribution in [3.63, 3.8) is 0 Å². The maximum absolute atomic E-state index is 11.7. The van der Waals surface area contributed by atoms with E-state index in [0.29, 0.717) is 37.1 Å². The van der Waals surface area contributed by atoms with Crippen LogP contribution in [0.2, 0.25) is 0 Å². The summed E-state index contributed by atoms with van der Waals surface area (Å²) in [4.78, 5) is 22.9. The van der Waals surface area contributed by atoms with E-state index in [1.54, 1.807) is 6.92 Å². The van der Waals surface area contributed by atoms with E-state index >= 15 is 0 Å². The lowest BCUT2D eigenvalue weighted by Crippen LogP contribution is -2.26. The average molecular weight is 349 g/mol. The molecule has 0 fully saturated rings. The largest absolute Gasteiger partial charge is 0.466 e. The quantitative estimate of drug-likeness (QED) is 0.421. The van der Waals surface area contributed by atoms with Gasteiger partial charge in [0.15, 0.2) is 0 Å². The summed E-state index contributed by atoms with van der Waals surface area (Å²) in [7, 11) is 0. The number of aromatic nitrogens is 2. The standard InChI is InChI=1S/C16H19N3O4S/c1-2-22-14(21)9-6-10-17-13(20)11-24-16-19-18-15(23-16)12-7-4-3-5-8-12/h3-5,7-8H,2,6,9-11H2,1H3,(H,17,20). The van der Waals surface area contributed by atoms with E-state index in [-0.39, 0.29) is 17.6 Å². The van der Waals surface area contributed by atoms with Crippen molar-refractivity contribution in [3.05, 3.63) is 30.3 Å². The van der Waals surface area contributed by atoms with Gasteiger partial charge in [-0.1, -0.05) is 30.0 Å². The molecule has 1 aromatic carbocycles. The highest BCUT2D eigenvalue weighted by Gasteiger charge is 2.11. The lowest BCUT2D eigenvalue weighted by Gasteiger charge is -2.04. The molecule has 0 aliphatic carbocycles. The van der Waals surface area contributed by atoms with Crippen molar-refractivity contribution in [1.82, 2.24) is 15.5 Å². The van der Waals surface area contributed by atoms with Crippen molar-refractivity contribution in [1.29, 1.82) is 0 Å². The molecular formula is C16H19N3O4S. The molecule has 128 valence electrons. The molecule has 8 heteroatoms. The minimum atomic E-state index is -0.250. The zero-order chi connectivity index (χ0) is 17.2. The normalized spacial score (nSPS) is 10.4. The van der Waals surface area contributed by atoms with Crippen LogP contribution in [0, 0.1) is 0 Å². The van der Waals surface area contributed by atoms with Crippen LogP contribution >= 0.6 is 11.8 Å². The van der Waals surface area contributed by atoms with Crippen molar-refractivity contribution in [2.45, 2.75) is 25.0 Å². The fourth-order valence-corrected chi connectivity index (χ4v) is 2.43. The summed E-state index contributed by atoms with van der Waals surface area (Å²) in [6.07, 6.45) is 0.847. The van der Waals surface area contributed by atoms with Gasteiger partial charge in [-0.3, -0.25) is 9.59 Å². The summed E-state index contributed by atoms with van der Waals surface area (Å²) in [6, 6.07) is 9.42. The lowest BCUT2D eigenvalue weighted by molar-refractivity contribution is -0.143. The van der Waals surface area contributed by atoms with Gasteiger partial charge < -0.3 is 14.5 Å². The van der Waals surface area contributed by atoms with Gasteiger partial charge in [0.1, 0.15) is 0 Å². The molecule has 0 spiro atoms. The number of ether oxygens (including phenoxy) is 1. The molecule has 0 radical (unpaired) electrons. The van der Waals surface area contributed by atoms with Gasteiger partial charge in [-0.25, -0.2) is 0 Å². The van der Waals surface area contributed by atoms with Gasteiger partial charge in [-0.2, -0.15) is 0 Å². The van der Waals surface area contributed by atoms with Crippen LogP contribution in [0.15, 0.2) is 40.0 Å². The summed E-state index contributed by atoms with van der Waals surface area (Å²) in [5.74, 6) is 0.201. The minimum absolute atomic E-state index is 0.150. The number of carbonyl (C=O) groups is 2. The Kier molecular flexibility index (Phi) is 7.28. The Balaban J connectivity index is 1.67. The highest BCUT2D eigenvalue weighted by atomic mass is 32.2. The highest BCUT2D eigenvalue weighted by molar-refractivity contribution is 7.99. The van der Waals surface area contributed by atoms with Gasteiger partial charge in [0, 0.05) is 18.5 Å². The molecule has 1 N–H and O–H groups in total. The van der Waals surface area contributed by atoms with Crippen molar-refractivity contribution >= 4 is 23.6 Å². The molecule has 2 aromatic rings. The monoisotopic (exact) mass is 349 g/mol. The van der Waals surface area contributed by atoms with E-state index in [4.69, 9.17) is 9.15 Å². The number of carbonyl (C=O) groups excluding carboxylic acids is 2. The fraction of sp³-hybridized carbons (Fsp3) is 0.375. The van der Waals surface area contributed by atoms with Gasteiger partial charge in [-0.05, 0) is 25.5 Å². The van der Waals surface area contributed by atoms with Crippen LogP contribution in [0.1, 0.15) is 19.8 Å². The van der Waals surface area contributed by atoms with Gasteiger partial charge in [0.25, 0.3) is 5.22 Å². The minimum Gasteiger partial charge on any atom is -0.466 e. The smallest absolute Gasteiger partial charge is 0.305 e. The molecule has 1 aromatic heterocycles. The summed E-state index contributed by atoms with van der Waals surface area (Å²) < 4.78 is 10.3. The first-order valence-electron chi connectivity index (χ1n) is 7.63. The molecule has 1 heterocycles. The number of hydrogen-bond donors (Lipinski definition) is 1. The lowest BCUT2D eigenvalue weighted by atomic mass is 10.2. The molecule has 0 aliphatic rings.